The van der Waals surface area contributed by atoms with Crippen molar-refractivity contribution in [2.45, 2.75) is 89.5 Å². The maximum Gasteiger partial charge on any atom is 0.222 e. The van der Waals surface area contributed by atoms with Crippen molar-refractivity contribution < 1.29 is 9.00 Å². The van der Waals surface area contributed by atoms with Crippen LogP contribution in [0.15, 0.2) is 4.99 Å². The average molecular weight is 399 g/mol. The van der Waals surface area contributed by atoms with Crippen LogP contribution in [0.3, 0.4) is 0 Å². The molecule has 1 heterocycles. The third kappa shape index (κ3) is 6.77. The monoisotopic (exact) mass is 398 g/mol. The molecule has 0 radical (unpaired) electrons. The molecule has 4 atom stereocenters. The highest BCUT2D eigenvalue weighted by Crippen LogP contribution is 2.23. The van der Waals surface area contributed by atoms with E-state index in [9.17, 15) is 9.00 Å². The normalized spacial score (nSPS) is 26.1. The molecule has 2 fully saturated rings. The third-order valence-corrected chi connectivity index (χ3v) is 7.46. The molecule has 1 saturated carbocycles. The van der Waals surface area contributed by atoms with Gasteiger partial charge in [0.1, 0.15) is 0 Å². The average Bonchev–Trinajstić information content (AvgIpc) is 3.10. The Balaban J connectivity index is 1.87. The van der Waals surface area contributed by atoms with Gasteiger partial charge in [0, 0.05) is 59.9 Å². The maximum atomic E-state index is 12.2. The van der Waals surface area contributed by atoms with Gasteiger partial charge in [-0.1, -0.05) is 20.3 Å². The summed E-state index contributed by atoms with van der Waals surface area (Å²) in [4.78, 5) is 18.8. The van der Waals surface area contributed by atoms with Crippen LogP contribution in [0.2, 0.25) is 0 Å². The van der Waals surface area contributed by atoms with Crippen LogP contribution in [-0.2, 0) is 15.6 Å². The zero-order valence-corrected chi connectivity index (χ0v) is 18.2. The van der Waals surface area contributed by atoms with Gasteiger partial charge in [-0.25, -0.2) is 0 Å². The van der Waals surface area contributed by atoms with E-state index >= 15 is 0 Å². The first kappa shape index (κ1) is 22.2. The van der Waals surface area contributed by atoms with Gasteiger partial charge in [-0.15, -0.1) is 0 Å². The molecule has 0 spiro atoms. The molecule has 0 aromatic carbocycles. The van der Waals surface area contributed by atoms with E-state index in [1.54, 1.807) is 0 Å². The van der Waals surface area contributed by atoms with Gasteiger partial charge >= 0.3 is 0 Å². The SMILES string of the molecule is CCNC(=NCCC(CC)N1CCCC1=O)NC1CCCC(S(=O)CC)C1. The Hall–Kier alpha value is -1.11. The number of amides is 1. The molecule has 0 aromatic rings. The van der Waals surface area contributed by atoms with Crippen LogP contribution in [0, 0.1) is 0 Å². The van der Waals surface area contributed by atoms with E-state index in [-0.39, 0.29) is 0 Å². The summed E-state index contributed by atoms with van der Waals surface area (Å²) in [6.07, 6.45) is 7.87. The summed E-state index contributed by atoms with van der Waals surface area (Å²) >= 11 is 0. The molecule has 27 heavy (non-hydrogen) atoms. The number of carbonyl (C=O) groups excluding carboxylic acids is 1. The summed E-state index contributed by atoms with van der Waals surface area (Å²) in [6.45, 7) is 8.68. The molecule has 1 saturated heterocycles. The topological polar surface area (TPSA) is 73.8 Å². The zero-order valence-electron chi connectivity index (χ0n) is 17.3. The van der Waals surface area contributed by atoms with Crippen LogP contribution in [0.25, 0.3) is 0 Å². The number of aliphatic imine (C=N–C) groups is 1. The van der Waals surface area contributed by atoms with E-state index < -0.39 is 10.8 Å². The second-order valence-electron chi connectivity index (χ2n) is 7.60. The van der Waals surface area contributed by atoms with Crippen molar-refractivity contribution in [2.75, 3.05) is 25.4 Å². The van der Waals surface area contributed by atoms with E-state index in [0.29, 0.717) is 36.2 Å². The summed E-state index contributed by atoms with van der Waals surface area (Å²) in [5, 5.41) is 7.21. The molecule has 4 unspecified atom stereocenters. The summed E-state index contributed by atoms with van der Waals surface area (Å²) < 4.78 is 12.2. The third-order valence-electron chi connectivity index (χ3n) is 5.72. The molecule has 2 rings (SSSR count). The first-order chi connectivity index (χ1) is 13.1. The molecule has 2 aliphatic rings. The number of nitrogens with zero attached hydrogens (tertiary/aromatic N) is 2. The second-order valence-corrected chi connectivity index (χ2v) is 9.61. The Morgan fingerprint density at radius 3 is 2.74 bits per heavy atom. The lowest BCUT2D eigenvalue weighted by Crippen LogP contribution is -2.46. The molecule has 7 heteroatoms. The smallest absolute Gasteiger partial charge is 0.222 e. The number of likely N-dealkylation sites (tertiary alicyclic amines) is 1. The minimum atomic E-state index is -0.708. The summed E-state index contributed by atoms with van der Waals surface area (Å²) in [6, 6.07) is 0.650. The van der Waals surface area contributed by atoms with Gasteiger partial charge in [0.2, 0.25) is 5.91 Å². The van der Waals surface area contributed by atoms with Gasteiger partial charge in [0.15, 0.2) is 5.96 Å². The number of guanidine groups is 1. The van der Waals surface area contributed by atoms with Crippen molar-refractivity contribution in [3.8, 4) is 0 Å². The van der Waals surface area contributed by atoms with E-state index in [2.05, 4.69) is 24.5 Å². The minimum absolute atomic E-state index is 0.299. The molecule has 2 N–H and O–H groups in total. The van der Waals surface area contributed by atoms with E-state index in [4.69, 9.17) is 4.99 Å². The highest BCUT2D eigenvalue weighted by molar-refractivity contribution is 7.85. The van der Waals surface area contributed by atoms with Gasteiger partial charge < -0.3 is 15.5 Å². The van der Waals surface area contributed by atoms with Crippen LogP contribution < -0.4 is 10.6 Å². The number of rotatable bonds is 9. The predicted octanol–water partition coefficient (Wildman–Crippen LogP) is 2.41. The molecule has 1 amide bonds. The van der Waals surface area contributed by atoms with Gasteiger partial charge in [0.05, 0.1) is 0 Å². The van der Waals surface area contributed by atoms with Crippen LogP contribution in [-0.4, -0.2) is 63.7 Å². The Bertz CT molecular complexity index is 526. The molecular formula is C20H38N4O2S. The van der Waals surface area contributed by atoms with Gasteiger partial charge in [0.25, 0.3) is 0 Å². The highest BCUT2D eigenvalue weighted by Gasteiger charge is 2.27. The van der Waals surface area contributed by atoms with Crippen LogP contribution in [0.4, 0.5) is 0 Å². The minimum Gasteiger partial charge on any atom is -0.357 e. The fourth-order valence-electron chi connectivity index (χ4n) is 4.22. The van der Waals surface area contributed by atoms with Crippen molar-refractivity contribution in [1.82, 2.24) is 15.5 Å². The second kappa shape index (κ2) is 11.7. The van der Waals surface area contributed by atoms with Crippen molar-refractivity contribution in [2.24, 2.45) is 4.99 Å². The number of hydrogen-bond donors (Lipinski definition) is 2. The molecule has 0 aromatic heterocycles. The lowest BCUT2D eigenvalue weighted by Gasteiger charge is -2.30. The van der Waals surface area contributed by atoms with Crippen LogP contribution in [0.5, 0.6) is 0 Å². The molecule has 6 nitrogen and oxygen atoms in total. The number of nitrogens with one attached hydrogen (secondary N) is 2. The fraction of sp³-hybridized carbons (Fsp3) is 0.900. The quantitative estimate of drug-likeness (QED) is 0.462. The molecular weight excluding hydrogens is 360 g/mol. The lowest BCUT2D eigenvalue weighted by atomic mass is 9.95. The van der Waals surface area contributed by atoms with E-state index in [0.717, 1.165) is 69.7 Å². The summed E-state index contributed by atoms with van der Waals surface area (Å²) in [7, 11) is -0.708. The Morgan fingerprint density at radius 1 is 1.30 bits per heavy atom. The Labute approximate surface area is 167 Å². The maximum absolute atomic E-state index is 12.2. The van der Waals surface area contributed by atoms with Crippen molar-refractivity contribution in [3.05, 3.63) is 0 Å². The van der Waals surface area contributed by atoms with Gasteiger partial charge in [-0.05, 0) is 45.4 Å². The lowest BCUT2D eigenvalue weighted by molar-refractivity contribution is -0.129. The predicted molar refractivity (Wildman–Crippen MR) is 113 cm³/mol. The summed E-state index contributed by atoms with van der Waals surface area (Å²) in [5.41, 5.74) is 0. The van der Waals surface area contributed by atoms with Crippen molar-refractivity contribution in [1.29, 1.82) is 0 Å². The summed E-state index contributed by atoms with van der Waals surface area (Å²) in [5.74, 6) is 1.90. The Morgan fingerprint density at radius 2 is 2.11 bits per heavy atom. The molecule has 156 valence electrons. The Kier molecular flexibility index (Phi) is 9.59. The van der Waals surface area contributed by atoms with Gasteiger partial charge in [-0.2, -0.15) is 0 Å². The van der Waals surface area contributed by atoms with Crippen molar-refractivity contribution in [3.63, 3.8) is 0 Å². The van der Waals surface area contributed by atoms with Gasteiger partial charge in [-0.3, -0.25) is 14.0 Å². The highest BCUT2D eigenvalue weighted by atomic mass is 32.2. The molecule has 1 aliphatic carbocycles. The van der Waals surface area contributed by atoms with E-state index in [1.165, 1.54) is 0 Å². The largest absolute Gasteiger partial charge is 0.357 e. The molecule has 1 aliphatic heterocycles. The fourth-order valence-corrected chi connectivity index (χ4v) is 5.57. The van der Waals surface area contributed by atoms with Crippen LogP contribution >= 0.6 is 0 Å². The van der Waals surface area contributed by atoms with Crippen LogP contribution in [0.1, 0.15) is 72.1 Å². The molecule has 0 bridgehead atoms. The van der Waals surface area contributed by atoms with Crippen molar-refractivity contribution >= 4 is 22.7 Å². The number of carbonyl (C=O) groups is 1. The number of hydrogen-bond acceptors (Lipinski definition) is 3. The first-order valence-electron chi connectivity index (χ1n) is 10.8. The standard InChI is InChI=1S/C20H38N4O2S/c1-4-17(24-14-8-11-19(24)25)12-13-22-20(21-5-2)23-16-9-7-10-18(15-16)27(26)6-3/h16-18H,4-15H2,1-3H3,(H2,21,22,23). The van der Waals surface area contributed by atoms with E-state index in [1.807, 2.05) is 11.8 Å². The first-order valence-corrected chi connectivity index (χ1v) is 12.2. The zero-order chi connectivity index (χ0) is 19.6.